The van der Waals surface area contributed by atoms with E-state index in [-0.39, 0.29) is 0 Å². The second-order valence-electron chi connectivity index (χ2n) is 4.86. The molecule has 1 aliphatic heterocycles. The Kier molecular flexibility index (Phi) is 5.19. The number of ether oxygens (including phenoxy) is 2. The molecule has 1 saturated heterocycles. The summed E-state index contributed by atoms with van der Waals surface area (Å²) in [5.41, 5.74) is 2.08. The van der Waals surface area contributed by atoms with E-state index in [0.29, 0.717) is 6.61 Å². The van der Waals surface area contributed by atoms with Crippen molar-refractivity contribution in [2.24, 2.45) is 0 Å². The van der Waals surface area contributed by atoms with Gasteiger partial charge in [-0.2, -0.15) is 0 Å². The number of rotatable bonds is 5. The molecule has 0 bridgehead atoms. The summed E-state index contributed by atoms with van der Waals surface area (Å²) in [5.74, 6) is 0.915. The van der Waals surface area contributed by atoms with Gasteiger partial charge in [-0.15, -0.1) is 0 Å². The molecular weight excluding hydrogens is 242 g/mol. The highest BCUT2D eigenvalue weighted by Crippen LogP contribution is 2.25. The molecule has 0 amide bonds. The maximum atomic E-state index is 9.70. The maximum Gasteiger partial charge on any atom is 0.123 e. The molecule has 0 spiro atoms. The van der Waals surface area contributed by atoms with Crippen LogP contribution in [0.15, 0.2) is 18.2 Å². The number of aliphatic hydroxyl groups is 1. The average Bonchev–Trinajstić information content (AvgIpc) is 2.42. The van der Waals surface area contributed by atoms with Gasteiger partial charge in [0.15, 0.2) is 0 Å². The molecule has 0 saturated carbocycles. The van der Waals surface area contributed by atoms with Crippen molar-refractivity contribution in [3.8, 4) is 5.75 Å². The zero-order valence-corrected chi connectivity index (χ0v) is 11.8. The fourth-order valence-electron chi connectivity index (χ4n) is 2.28. The van der Waals surface area contributed by atoms with Gasteiger partial charge in [-0.3, -0.25) is 4.90 Å². The molecule has 2 rings (SSSR count). The van der Waals surface area contributed by atoms with Crippen LogP contribution in [0.4, 0.5) is 0 Å². The van der Waals surface area contributed by atoms with Crippen molar-refractivity contribution in [1.29, 1.82) is 0 Å². The molecule has 106 valence electrons. The molecule has 1 fully saturated rings. The Hall–Kier alpha value is -1.10. The normalized spacial score (nSPS) is 18.3. The topological polar surface area (TPSA) is 41.9 Å². The Balaban J connectivity index is 2.15. The van der Waals surface area contributed by atoms with E-state index in [1.165, 1.54) is 0 Å². The molecular formula is C15H23NO3. The first kappa shape index (κ1) is 14.3. The van der Waals surface area contributed by atoms with Crippen molar-refractivity contribution >= 4 is 0 Å². The summed E-state index contributed by atoms with van der Waals surface area (Å²) in [4.78, 5) is 2.35. The van der Waals surface area contributed by atoms with Crippen molar-refractivity contribution in [2.75, 3.05) is 32.9 Å². The van der Waals surface area contributed by atoms with Crippen molar-refractivity contribution in [3.05, 3.63) is 29.3 Å². The van der Waals surface area contributed by atoms with Crippen molar-refractivity contribution < 1.29 is 14.6 Å². The first-order valence-electron chi connectivity index (χ1n) is 6.94. The second-order valence-corrected chi connectivity index (χ2v) is 4.86. The molecule has 0 aromatic heterocycles. The maximum absolute atomic E-state index is 9.70. The van der Waals surface area contributed by atoms with Gasteiger partial charge in [-0.25, -0.2) is 0 Å². The standard InChI is InChI=1S/C15H23NO3/c1-3-19-15-5-4-13(12(2)17)10-14(15)11-16-6-8-18-9-7-16/h4-5,10,12,17H,3,6-9,11H2,1-2H3. The summed E-state index contributed by atoms with van der Waals surface area (Å²) in [6.45, 7) is 8.76. The molecule has 1 unspecified atom stereocenters. The Morgan fingerprint density at radius 3 is 2.74 bits per heavy atom. The minimum absolute atomic E-state index is 0.445. The van der Waals surface area contributed by atoms with E-state index in [2.05, 4.69) is 4.90 Å². The Morgan fingerprint density at radius 2 is 2.11 bits per heavy atom. The van der Waals surface area contributed by atoms with Gasteiger partial charge < -0.3 is 14.6 Å². The molecule has 19 heavy (non-hydrogen) atoms. The van der Waals surface area contributed by atoms with Crippen LogP contribution in [0.1, 0.15) is 31.1 Å². The molecule has 1 aromatic rings. The molecule has 1 aliphatic rings. The van der Waals surface area contributed by atoms with E-state index in [0.717, 1.165) is 49.7 Å². The highest BCUT2D eigenvalue weighted by molar-refractivity contribution is 5.38. The number of aliphatic hydroxyl groups excluding tert-OH is 1. The fourth-order valence-corrected chi connectivity index (χ4v) is 2.28. The number of morpholine rings is 1. The molecule has 1 aromatic carbocycles. The lowest BCUT2D eigenvalue weighted by Gasteiger charge is -2.27. The summed E-state index contributed by atoms with van der Waals surface area (Å²) < 4.78 is 11.0. The lowest BCUT2D eigenvalue weighted by Crippen LogP contribution is -2.35. The van der Waals surface area contributed by atoms with Gasteiger partial charge in [0.2, 0.25) is 0 Å². The number of hydrogen-bond donors (Lipinski definition) is 1. The summed E-state index contributed by atoms with van der Waals surface area (Å²) in [6.07, 6.45) is -0.445. The van der Waals surface area contributed by atoms with E-state index >= 15 is 0 Å². The summed E-state index contributed by atoms with van der Waals surface area (Å²) in [5, 5.41) is 9.70. The van der Waals surface area contributed by atoms with Crippen LogP contribution in [-0.2, 0) is 11.3 Å². The Morgan fingerprint density at radius 1 is 1.37 bits per heavy atom. The quantitative estimate of drug-likeness (QED) is 0.884. The largest absolute Gasteiger partial charge is 0.494 e. The first-order valence-corrected chi connectivity index (χ1v) is 6.94. The lowest BCUT2D eigenvalue weighted by molar-refractivity contribution is 0.0338. The minimum Gasteiger partial charge on any atom is -0.494 e. The predicted octanol–water partition coefficient (Wildman–Crippen LogP) is 1.97. The molecule has 1 heterocycles. The Bertz CT molecular complexity index is 400. The van der Waals surface area contributed by atoms with Crippen LogP contribution < -0.4 is 4.74 Å². The van der Waals surface area contributed by atoms with Gasteiger partial charge in [0.1, 0.15) is 5.75 Å². The van der Waals surface area contributed by atoms with E-state index in [9.17, 15) is 5.11 Å². The molecule has 1 atom stereocenters. The molecule has 0 aliphatic carbocycles. The number of nitrogens with zero attached hydrogens (tertiary/aromatic N) is 1. The third-order valence-electron chi connectivity index (χ3n) is 3.36. The van der Waals surface area contributed by atoms with E-state index in [1.54, 1.807) is 6.92 Å². The van der Waals surface area contributed by atoms with Crippen LogP contribution >= 0.6 is 0 Å². The summed E-state index contributed by atoms with van der Waals surface area (Å²) in [7, 11) is 0. The zero-order valence-electron chi connectivity index (χ0n) is 11.8. The minimum atomic E-state index is -0.445. The Labute approximate surface area is 114 Å². The van der Waals surface area contributed by atoms with Crippen molar-refractivity contribution in [3.63, 3.8) is 0 Å². The fraction of sp³-hybridized carbons (Fsp3) is 0.600. The van der Waals surface area contributed by atoms with Gasteiger partial charge >= 0.3 is 0 Å². The van der Waals surface area contributed by atoms with Gasteiger partial charge in [0, 0.05) is 25.2 Å². The summed E-state index contributed by atoms with van der Waals surface area (Å²) >= 11 is 0. The first-order chi connectivity index (χ1) is 9.20. The van der Waals surface area contributed by atoms with Crippen LogP contribution in [0.25, 0.3) is 0 Å². The van der Waals surface area contributed by atoms with Gasteiger partial charge in [-0.1, -0.05) is 6.07 Å². The molecule has 0 radical (unpaired) electrons. The highest BCUT2D eigenvalue weighted by Gasteiger charge is 2.14. The van der Waals surface area contributed by atoms with Crippen molar-refractivity contribution in [1.82, 2.24) is 4.90 Å². The molecule has 4 heteroatoms. The van der Waals surface area contributed by atoms with E-state index in [1.807, 2.05) is 25.1 Å². The van der Waals surface area contributed by atoms with Crippen LogP contribution in [0, 0.1) is 0 Å². The van der Waals surface area contributed by atoms with Gasteiger partial charge in [0.05, 0.1) is 25.9 Å². The van der Waals surface area contributed by atoms with Crippen LogP contribution in [0.3, 0.4) is 0 Å². The smallest absolute Gasteiger partial charge is 0.123 e. The van der Waals surface area contributed by atoms with Gasteiger partial charge in [-0.05, 0) is 31.5 Å². The molecule has 1 N–H and O–H groups in total. The average molecular weight is 265 g/mol. The highest BCUT2D eigenvalue weighted by atomic mass is 16.5. The number of benzene rings is 1. The monoisotopic (exact) mass is 265 g/mol. The third-order valence-corrected chi connectivity index (χ3v) is 3.36. The van der Waals surface area contributed by atoms with Gasteiger partial charge in [0.25, 0.3) is 0 Å². The van der Waals surface area contributed by atoms with E-state index in [4.69, 9.17) is 9.47 Å². The molecule has 4 nitrogen and oxygen atoms in total. The summed E-state index contributed by atoms with van der Waals surface area (Å²) in [6, 6.07) is 5.94. The predicted molar refractivity (Wildman–Crippen MR) is 74.3 cm³/mol. The third kappa shape index (κ3) is 3.93. The van der Waals surface area contributed by atoms with Crippen molar-refractivity contribution in [2.45, 2.75) is 26.5 Å². The SMILES string of the molecule is CCOc1ccc(C(C)O)cc1CN1CCOCC1. The van der Waals surface area contributed by atoms with E-state index < -0.39 is 6.10 Å². The lowest BCUT2D eigenvalue weighted by atomic mass is 10.1. The van der Waals surface area contributed by atoms with Crippen LogP contribution in [0.5, 0.6) is 5.75 Å². The second kappa shape index (κ2) is 6.89. The number of hydrogen-bond acceptors (Lipinski definition) is 4. The van der Waals surface area contributed by atoms with Crippen LogP contribution in [0.2, 0.25) is 0 Å². The van der Waals surface area contributed by atoms with Crippen LogP contribution in [-0.4, -0.2) is 42.9 Å². The zero-order chi connectivity index (χ0) is 13.7.